The second kappa shape index (κ2) is 5.62. The Morgan fingerprint density at radius 1 is 1.25 bits per heavy atom. The molecule has 0 radical (unpaired) electrons. The van der Waals surface area contributed by atoms with Gasteiger partial charge in [-0.25, -0.2) is 0 Å². The van der Waals surface area contributed by atoms with E-state index in [4.69, 9.17) is 4.74 Å². The summed E-state index contributed by atoms with van der Waals surface area (Å²) in [6, 6.07) is 0. The van der Waals surface area contributed by atoms with Crippen LogP contribution in [0.3, 0.4) is 0 Å². The van der Waals surface area contributed by atoms with Crippen molar-refractivity contribution in [3.05, 3.63) is 12.7 Å². The Hall–Kier alpha value is -0.630. The number of carbonyl (C=O) groups is 1. The molecule has 1 saturated carbocycles. The van der Waals surface area contributed by atoms with Crippen LogP contribution in [0, 0.1) is 17.8 Å². The van der Waals surface area contributed by atoms with E-state index in [1.807, 2.05) is 6.08 Å². The van der Waals surface area contributed by atoms with Crippen molar-refractivity contribution < 1.29 is 9.53 Å². The molecule has 0 aromatic carbocycles. The smallest absolute Gasteiger partial charge is 0.136 e. The molecule has 1 aliphatic heterocycles. The van der Waals surface area contributed by atoms with Crippen molar-refractivity contribution in [3.8, 4) is 0 Å². The van der Waals surface area contributed by atoms with Gasteiger partial charge in [0.25, 0.3) is 0 Å². The van der Waals surface area contributed by atoms with Crippen LogP contribution in [0.15, 0.2) is 12.7 Å². The van der Waals surface area contributed by atoms with E-state index in [1.54, 1.807) is 0 Å². The van der Waals surface area contributed by atoms with Gasteiger partial charge in [-0.3, -0.25) is 4.79 Å². The lowest BCUT2D eigenvalue weighted by atomic mass is 9.71. The van der Waals surface area contributed by atoms with Crippen molar-refractivity contribution in [2.75, 3.05) is 13.2 Å². The Morgan fingerprint density at radius 3 is 2.62 bits per heavy atom. The Morgan fingerprint density at radius 2 is 2.00 bits per heavy atom. The van der Waals surface area contributed by atoms with Crippen molar-refractivity contribution in [1.82, 2.24) is 0 Å². The molecule has 2 rings (SSSR count). The lowest BCUT2D eigenvalue weighted by Crippen LogP contribution is -2.33. The van der Waals surface area contributed by atoms with E-state index in [0.29, 0.717) is 17.6 Å². The number of ether oxygens (including phenoxy) is 1. The van der Waals surface area contributed by atoms with Gasteiger partial charge in [0, 0.05) is 25.6 Å². The molecule has 16 heavy (non-hydrogen) atoms. The van der Waals surface area contributed by atoms with Gasteiger partial charge in [-0.15, -0.1) is 6.58 Å². The highest BCUT2D eigenvalue weighted by Gasteiger charge is 2.33. The van der Waals surface area contributed by atoms with Gasteiger partial charge >= 0.3 is 0 Å². The predicted molar refractivity (Wildman–Crippen MR) is 64.2 cm³/mol. The first-order chi connectivity index (χ1) is 7.83. The summed E-state index contributed by atoms with van der Waals surface area (Å²) in [5.41, 5.74) is 0. The zero-order valence-corrected chi connectivity index (χ0v) is 9.99. The first kappa shape index (κ1) is 11.8. The molecule has 0 spiro atoms. The van der Waals surface area contributed by atoms with Gasteiger partial charge in [-0.1, -0.05) is 12.5 Å². The first-order valence-corrected chi connectivity index (χ1v) is 6.56. The van der Waals surface area contributed by atoms with E-state index in [1.165, 1.54) is 6.42 Å². The molecule has 0 aromatic heterocycles. The predicted octanol–water partition coefficient (Wildman–Crippen LogP) is 2.97. The second-order valence-corrected chi connectivity index (χ2v) is 5.08. The van der Waals surface area contributed by atoms with Crippen LogP contribution in [-0.2, 0) is 9.53 Å². The van der Waals surface area contributed by atoms with Crippen LogP contribution in [0.4, 0.5) is 0 Å². The number of rotatable bonds is 3. The molecule has 1 saturated heterocycles. The molecule has 0 unspecified atom stereocenters. The van der Waals surface area contributed by atoms with Gasteiger partial charge < -0.3 is 4.74 Å². The van der Waals surface area contributed by atoms with Gasteiger partial charge in [0.2, 0.25) is 0 Å². The number of Topliss-reactive ketones (excluding diaryl/α,β-unsaturated/α-hetero) is 1. The van der Waals surface area contributed by atoms with Crippen LogP contribution >= 0.6 is 0 Å². The molecular weight excluding hydrogens is 200 g/mol. The fraction of sp³-hybridized carbons (Fsp3) is 0.786. The quantitative estimate of drug-likeness (QED) is 0.686. The Bertz CT molecular complexity index is 253. The molecule has 1 aliphatic carbocycles. The topological polar surface area (TPSA) is 26.3 Å². The normalized spacial score (nSPS) is 30.0. The van der Waals surface area contributed by atoms with E-state index < -0.39 is 0 Å². The maximum absolute atomic E-state index is 12.0. The largest absolute Gasteiger partial charge is 0.381 e. The molecule has 2 fully saturated rings. The van der Waals surface area contributed by atoms with Crippen molar-refractivity contribution in [3.63, 3.8) is 0 Å². The average molecular weight is 222 g/mol. The number of ketones is 1. The van der Waals surface area contributed by atoms with E-state index in [-0.39, 0.29) is 5.92 Å². The standard InChI is InChI=1S/C14H22O2/c1-2-12(11-7-9-16-10-8-11)13-5-3-4-6-14(13)15/h2,11-13H,1,3-10H2/t12-,13-/m0/s1. The summed E-state index contributed by atoms with van der Waals surface area (Å²) in [4.78, 5) is 12.0. The van der Waals surface area contributed by atoms with Crippen molar-refractivity contribution >= 4 is 5.78 Å². The molecule has 2 aliphatic rings. The molecule has 1 heterocycles. The fourth-order valence-corrected chi connectivity index (χ4v) is 3.20. The van der Waals surface area contributed by atoms with Crippen LogP contribution in [0.5, 0.6) is 0 Å². The zero-order valence-electron chi connectivity index (χ0n) is 9.99. The summed E-state index contributed by atoms with van der Waals surface area (Å²) in [5, 5.41) is 0. The van der Waals surface area contributed by atoms with Gasteiger partial charge in [0.05, 0.1) is 0 Å². The van der Waals surface area contributed by atoms with Crippen LogP contribution in [-0.4, -0.2) is 19.0 Å². The lowest BCUT2D eigenvalue weighted by Gasteiger charge is -2.35. The number of hydrogen-bond donors (Lipinski definition) is 0. The Labute approximate surface area is 98.1 Å². The maximum atomic E-state index is 12.0. The Balaban J connectivity index is 2.01. The summed E-state index contributed by atoms with van der Waals surface area (Å²) < 4.78 is 5.39. The third-order valence-electron chi connectivity index (χ3n) is 4.15. The molecular formula is C14H22O2. The minimum atomic E-state index is 0.259. The highest BCUT2D eigenvalue weighted by atomic mass is 16.5. The third kappa shape index (κ3) is 2.54. The average Bonchev–Trinajstić information content (AvgIpc) is 2.34. The van der Waals surface area contributed by atoms with Crippen LogP contribution < -0.4 is 0 Å². The zero-order chi connectivity index (χ0) is 11.4. The van der Waals surface area contributed by atoms with Crippen molar-refractivity contribution in [2.45, 2.75) is 38.5 Å². The molecule has 90 valence electrons. The molecule has 0 N–H and O–H groups in total. The van der Waals surface area contributed by atoms with Crippen LogP contribution in [0.2, 0.25) is 0 Å². The van der Waals surface area contributed by atoms with Crippen LogP contribution in [0.1, 0.15) is 38.5 Å². The van der Waals surface area contributed by atoms with Crippen molar-refractivity contribution in [1.29, 1.82) is 0 Å². The lowest BCUT2D eigenvalue weighted by molar-refractivity contribution is -0.127. The van der Waals surface area contributed by atoms with Gasteiger partial charge in [0.15, 0.2) is 0 Å². The SMILES string of the molecule is C=C[C@@H](C1CCOCC1)[C@@H]1CCCCC1=O. The maximum Gasteiger partial charge on any atom is 0.136 e. The molecule has 2 nitrogen and oxygen atoms in total. The second-order valence-electron chi connectivity index (χ2n) is 5.08. The summed E-state index contributed by atoms with van der Waals surface area (Å²) in [5.74, 6) is 1.76. The van der Waals surface area contributed by atoms with Gasteiger partial charge in [0.1, 0.15) is 5.78 Å². The van der Waals surface area contributed by atoms with E-state index in [9.17, 15) is 4.79 Å². The van der Waals surface area contributed by atoms with E-state index >= 15 is 0 Å². The third-order valence-corrected chi connectivity index (χ3v) is 4.15. The van der Waals surface area contributed by atoms with Crippen LogP contribution in [0.25, 0.3) is 0 Å². The highest BCUT2D eigenvalue weighted by molar-refractivity contribution is 5.82. The fourth-order valence-electron chi connectivity index (χ4n) is 3.20. The summed E-state index contributed by atoms with van der Waals surface area (Å²) in [6.45, 7) is 5.67. The van der Waals surface area contributed by atoms with Gasteiger partial charge in [-0.2, -0.15) is 0 Å². The van der Waals surface area contributed by atoms with Gasteiger partial charge in [-0.05, 0) is 37.5 Å². The summed E-state index contributed by atoms with van der Waals surface area (Å²) >= 11 is 0. The molecule has 0 bridgehead atoms. The number of carbonyl (C=O) groups excluding carboxylic acids is 1. The monoisotopic (exact) mass is 222 g/mol. The van der Waals surface area contributed by atoms with E-state index in [2.05, 4.69) is 6.58 Å². The minimum Gasteiger partial charge on any atom is -0.381 e. The minimum absolute atomic E-state index is 0.259. The highest BCUT2D eigenvalue weighted by Crippen LogP contribution is 2.36. The number of allylic oxidation sites excluding steroid dienone is 1. The number of hydrogen-bond acceptors (Lipinski definition) is 2. The molecule has 2 heteroatoms. The Kier molecular flexibility index (Phi) is 4.16. The summed E-state index contributed by atoms with van der Waals surface area (Å²) in [6.07, 6.45) is 8.40. The van der Waals surface area contributed by atoms with E-state index in [0.717, 1.165) is 45.3 Å². The molecule has 0 aromatic rings. The molecule has 0 amide bonds. The summed E-state index contributed by atoms with van der Waals surface area (Å²) in [7, 11) is 0. The first-order valence-electron chi connectivity index (χ1n) is 6.56. The molecule has 2 atom stereocenters. The van der Waals surface area contributed by atoms with Crippen molar-refractivity contribution in [2.24, 2.45) is 17.8 Å².